The number of hydrogen-bond donors (Lipinski definition) is 4. The van der Waals surface area contributed by atoms with Crippen molar-refractivity contribution in [3.05, 3.63) is 0 Å². The van der Waals surface area contributed by atoms with Crippen LogP contribution in [0, 0.1) is 0 Å². The normalized spacial score (nSPS) is 12.0. The molecule has 0 radical (unpaired) electrons. The van der Waals surface area contributed by atoms with Crippen LogP contribution in [0.15, 0.2) is 0 Å². The number of unbranched alkanes of at least 4 members (excludes halogenated alkanes) is 16. The molecule has 0 saturated heterocycles. The molecule has 0 aromatic heterocycles. The lowest BCUT2D eigenvalue weighted by Gasteiger charge is -2.35. The standard InChI is InChI=1S/C31H66O4P2/c1-2-31(36(27-19-11-3-7-15-23-32)28-20-12-4-8-16-24-33)37(29-21-13-5-9-17-25-34)30-22-14-6-10-18-26-35/h31-35H,2-30H2,1H3. The van der Waals surface area contributed by atoms with Crippen LogP contribution in [0.2, 0.25) is 0 Å². The van der Waals surface area contributed by atoms with Crippen LogP contribution in [-0.4, -0.2) is 76.9 Å². The molecule has 0 aromatic carbocycles. The van der Waals surface area contributed by atoms with Gasteiger partial charge in [0.1, 0.15) is 0 Å². The van der Waals surface area contributed by atoms with E-state index in [4.69, 9.17) is 20.4 Å². The highest BCUT2D eigenvalue weighted by Crippen LogP contribution is 2.61. The van der Waals surface area contributed by atoms with Gasteiger partial charge < -0.3 is 20.4 Å². The summed E-state index contributed by atoms with van der Waals surface area (Å²) in [4.78, 5) is 0. The summed E-state index contributed by atoms with van der Waals surface area (Å²) in [5, 5.41) is 37.3. The van der Waals surface area contributed by atoms with E-state index in [9.17, 15) is 0 Å². The van der Waals surface area contributed by atoms with Crippen molar-refractivity contribution in [1.29, 1.82) is 0 Å². The van der Waals surface area contributed by atoms with E-state index in [1.54, 1.807) is 0 Å². The highest BCUT2D eigenvalue weighted by Gasteiger charge is 2.26. The van der Waals surface area contributed by atoms with Gasteiger partial charge in [-0.3, -0.25) is 0 Å². The van der Waals surface area contributed by atoms with Crippen LogP contribution < -0.4 is 0 Å². The molecule has 0 heterocycles. The molecule has 0 rings (SSSR count). The van der Waals surface area contributed by atoms with Crippen LogP contribution in [-0.2, 0) is 0 Å². The average molecular weight is 565 g/mol. The smallest absolute Gasteiger partial charge is 0.0431 e. The minimum atomic E-state index is 0.0910. The lowest BCUT2D eigenvalue weighted by atomic mass is 10.2. The summed E-state index contributed by atoms with van der Waals surface area (Å²) in [6.45, 7) is 3.83. The van der Waals surface area contributed by atoms with Crippen molar-refractivity contribution in [3.63, 3.8) is 0 Å². The van der Waals surface area contributed by atoms with Gasteiger partial charge in [-0.25, -0.2) is 0 Å². The molecule has 4 nitrogen and oxygen atoms in total. The summed E-state index contributed by atoms with van der Waals surface area (Å²) in [6.07, 6.45) is 31.7. The first-order chi connectivity index (χ1) is 18.2. The van der Waals surface area contributed by atoms with E-state index in [2.05, 4.69) is 6.92 Å². The van der Waals surface area contributed by atoms with Crippen LogP contribution in [0.25, 0.3) is 0 Å². The lowest BCUT2D eigenvalue weighted by molar-refractivity contribution is 0.282. The maximum Gasteiger partial charge on any atom is 0.0431 e. The highest BCUT2D eigenvalue weighted by molar-refractivity contribution is 7.75. The third-order valence-electron chi connectivity index (χ3n) is 7.62. The van der Waals surface area contributed by atoms with Gasteiger partial charge in [-0.1, -0.05) is 99.8 Å². The second kappa shape index (κ2) is 31.2. The third kappa shape index (κ3) is 24.2. The summed E-state index contributed by atoms with van der Waals surface area (Å²) in [7, 11) is 0.182. The molecule has 0 aliphatic carbocycles. The predicted octanol–water partition coefficient (Wildman–Crippen LogP) is 8.46. The minimum absolute atomic E-state index is 0.0910. The second-order valence-corrected chi connectivity index (χ2v) is 16.7. The maximum absolute atomic E-state index is 9.08. The zero-order valence-electron chi connectivity index (χ0n) is 24.8. The fourth-order valence-corrected chi connectivity index (χ4v) is 13.8. The van der Waals surface area contributed by atoms with E-state index >= 15 is 0 Å². The van der Waals surface area contributed by atoms with Gasteiger partial charge in [0.2, 0.25) is 0 Å². The number of hydrogen-bond acceptors (Lipinski definition) is 4. The Hall–Kier alpha value is 0.700. The van der Waals surface area contributed by atoms with E-state index in [-0.39, 0.29) is 15.8 Å². The van der Waals surface area contributed by atoms with E-state index in [0.717, 1.165) is 31.1 Å². The topological polar surface area (TPSA) is 80.9 Å². The second-order valence-electron chi connectivity index (χ2n) is 10.9. The fourth-order valence-electron chi connectivity index (χ4n) is 5.40. The summed E-state index contributed by atoms with van der Waals surface area (Å²) in [5.41, 5.74) is 0. The van der Waals surface area contributed by atoms with Gasteiger partial charge in [0.05, 0.1) is 0 Å². The lowest BCUT2D eigenvalue weighted by Crippen LogP contribution is -2.12. The van der Waals surface area contributed by atoms with Gasteiger partial charge in [-0.15, -0.1) is 0 Å². The quantitative estimate of drug-likeness (QED) is 0.0503. The van der Waals surface area contributed by atoms with E-state index in [0.29, 0.717) is 26.4 Å². The molecule has 0 aliphatic rings. The summed E-state index contributed by atoms with van der Waals surface area (Å²) in [6, 6.07) is 0. The van der Waals surface area contributed by atoms with Crippen LogP contribution in [0.1, 0.15) is 142 Å². The Balaban J connectivity index is 4.99. The number of rotatable bonds is 31. The van der Waals surface area contributed by atoms with Crippen LogP contribution in [0.3, 0.4) is 0 Å². The molecule has 0 atom stereocenters. The van der Waals surface area contributed by atoms with Crippen molar-refractivity contribution in [2.24, 2.45) is 0 Å². The van der Waals surface area contributed by atoms with Crippen molar-refractivity contribution in [1.82, 2.24) is 0 Å². The van der Waals surface area contributed by atoms with Crippen molar-refractivity contribution in [2.75, 3.05) is 51.1 Å². The van der Waals surface area contributed by atoms with E-state index in [1.165, 1.54) is 134 Å². The predicted molar refractivity (Wildman–Crippen MR) is 168 cm³/mol. The minimum Gasteiger partial charge on any atom is -0.396 e. The number of aliphatic hydroxyl groups excluding tert-OH is 4. The molecule has 4 N–H and O–H groups in total. The van der Waals surface area contributed by atoms with Gasteiger partial charge in [0, 0.05) is 26.4 Å². The molecule has 224 valence electrons. The number of aliphatic hydroxyl groups is 4. The fraction of sp³-hybridized carbons (Fsp3) is 1.00. The van der Waals surface area contributed by atoms with Gasteiger partial charge in [0.25, 0.3) is 0 Å². The molecule has 0 saturated carbocycles. The first-order valence-corrected chi connectivity index (χ1v) is 19.7. The maximum atomic E-state index is 9.08. The Morgan fingerprint density at radius 2 is 0.568 bits per heavy atom. The zero-order chi connectivity index (χ0) is 27.2. The van der Waals surface area contributed by atoms with Gasteiger partial charge >= 0.3 is 0 Å². The third-order valence-corrected chi connectivity index (χ3v) is 15.6. The van der Waals surface area contributed by atoms with Crippen LogP contribution in [0.5, 0.6) is 0 Å². The summed E-state index contributed by atoms with van der Waals surface area (Å²) >= 11 is 0. The Labute approximate surface area is 234 Å². The highest BCUT2D eigenvalue weighted by atomic mass is 31.2. The van der Waals surface area contributed by atoms with Gasteiger partial charge in [0.15, 0.2) is 0 Å². The Bertz CT molecular complexity index is 360. The first kappa shape index (κ1) is 37.7. The van der Waals surface area contributed by atoms with Crippen molar-refractivity contribution in [3.8, 4) is 0 Å². The molecular weight excluding hydrogens is 498 g/mol. The Kier molecular flexibility index (Phi) is 31.8. The molecule has 0 unspecified atom stereocenters. The molecule has 0 fully saturated rings. The molecule has 0 spiro atoms. The molecule has 37 heavy (non-hydrogen) atoms. The Morgan fingerprint density at radius 1 is 0.351 bits per heavy atom. The van der Waals surface area contributed by atoms with Crippen molar-refractivity contribution >= 4 is 15.8 Å². The SMILES string of the molecule is CCC(P(CCCCCCCO)CCCCCCCO)P(CCCCCCCO)CCCCCCCO. The molecular formula is C31H66O4P2. The van der Waals surface area contributed by atoms with E-state index in [1.807, 2.05) is 0 Å². The van der Waals surface area contributed by atoms with Crippen molar-refractivity contribution in [2.45, 2.75) is 147 Å². The molecule has 0 aromatic rings. The van der Waals surface area contributed by atoms with E-state index < -0.39 is 0 Å². The Morgan fingerprint density at radius 3 is 0.784 bits per heavy atom. The average Bonchev–Trinajstić information content (AvgIpc) is 2.91. The molecule has 6 heteroatoms. The van der Waals surface area contributed by atoms with Gasteiger partial charge in [-0.05, 0) is 87.8 Å². The van der Waals surface area contributed by atoms with Crippen molar-refractivity contribution < 1.29 is 20.4 Å². The van der Waals surface area contributed by atoms with Gasteiger partial charge in [-0.2, -0.15) is 0 Å². The first-order valence-electron chi connectivity index (χ1n) is 16.2. The molecule has 0 amide bonds. The monoisotopic (exact) mass is 564 g/mol. The largest absolute Gasteiger partial charge is 0.396 e. The summed E-state index contributed by atoms with van der Waals surface area (Å²) < 4.78 is 0. The molecule has 0 bridgehead atoms. The van der Waals surface area contributed by atoms with Crippen LogP contribution >= 0.6 is 15.8 Å². The summed E-state index contributed by atoms with van der Waals surface area (Å²) in [5.74, 6) is 0. The zero-order valence-corrected chi connectivity index (χ0v) is 26.6. The molecule has 0 aliphatic heterocycles. The van der Waals surface area contributed by atoms with Crippen LogP contribution in [0.4, 0.5) is 0 Å².